The third-order valence-corrected chi connectivity index (χ3v) is 5.23. The lowest BCUT2D eigenvalue weighted by Gasteiger charge is -2.38. The summed E-state index contributed by atoms with van der Waals surface area (Å²) in [6.07, 6.45) is 2.78. The summed E-state index contributed by atoms with van der Waals surface area (Å²) in [6, 6.07) is 8.23. The Labute approximate surface area is 164 Å². The van der Waals surface area contributed by atoms with E-state index in [1.54, 1.807) is 7.05 Å². The second-order valence-electron chi connectivity index (χ2n) is 6.76. The van der Waals surface area contributed by atoms with Crippen LogP contribution in [0.25, 0.3) is 0 Å². The van der Waals surface area contributed by atoms with Crippen molar-refractivity contribution >= 4 is 29.4 Å². The molecule has 27 heavy (non-hydrogen) atoms. The zero-order valence-electron chi connectivity index (χ0n) is 15.5. The Morgan fingerprint density at radius 2 is 2.07 bits per heavy atom. The zero-order chi connectivity index (χ0) is 19.2. The van der Waals surface area contributed by atoms with Crippen LogP contribution in [-0.2, 0) is 11.2 Å². The number of H-pyrrole nitrogens is 1. The Morgan fingerprint density at radius 1 is 1.37 bits per heavy atom. The molecule has 0 unspecified atom stereocenters. The summed E-state index contributed by atoms with van der Waals surface area (Å²) in [6.45, 7) is 2.91. The second-order valence-corrected chi connectivity index (χ2v) is 7.20. The van der Waals surface area contributed by atoms with Crippen LogP contribution in [0.3, 0.4) is 0 Å². The first-order valence-electron chi connectivity index (χ1n) is 9.17. The number of hydrogen-bond donors (Lipinski definition) is 3. The summed E-state index contributed by atoms with van der Waals surface area (Å²) in [5, 5.41) is 10.3. The van der Waals surface area contributed by atoms with Gasteiger partial charge in [0, 0.05) is 37.7 Å². The fraction of sp³-hybridized carbons (Fsp3) is 0.500. The summed E-state index contributed by atoms with van der Waals surface area (Å²) >= 11 is 5.96. The largest absolute Gasteiger partial charge is 0.368 e. The van der Waals surface area contributed by atoms with E-state index in [4.69, 9.17) is 17.3 Å². The summed E-state index contributed by atoms with van der Waals surface area (Å²) in [4.78, 5) is 20.6. The average molecular weight is 392 g/mol. The van der Waals surface area contributed by atoms with Crippen LogP contribution in [0.5, 0.6) is 0 Å². The van der Waals surface area contributed by atoms with E-state index in [9.17, 15) is 4.79 Å². The van der Waals surface area contributed by atoms with Crippen molar-refractivity contribution in [1.29, 1.82) is 0 Å². The zero-order valence-corrected chi connectivity index (χ0v) is 16.2. The van der Waals surface area contributed by atoms with Crippen LogP contribution >= 0.6 is 11.6 Å². The smallest absolute Gasteiger partial charge is 0.246 e. The van der Waals surface area contributed by atoms with Crippen LogP contribution in [0.1, 0.15) is 18.4 Å². The van der Waals surface area contributed by atoms with Gasteiger partial charge in [-0.2, -0.15) is 4.98 Å². The van der Waals surface area contributed by atoms with Crippen LogP contribution in [0.15, 0.2) is 24.3 Å². The van der Waals surface area contributed by atoms with Crippen molar-refractivity contribution in [3.63, 3.8) is 0 Å². The molecule has 8 nitrogen and oxygen atoms in total. The molecule has 1 aliphatic heterocycles. The molecule has 1 fully saturated rings. The van der Waals surface area contributed by atoms with Gasteiger partial charge in [-0.1, -0.05) is 23.7 Å². The first-order valence-corrected chi connectivity index (χ1v) is 9.55. The average Bonchev–Trinajstić information content (AvgIpc) is 3.12. The molecule has 1 amide bonds. The maximum absolute atomic E-state index is 12.0. The fourth-order valence-electron chi connectivity index (χ4n) is 3.42. The Balaban J connectivity index is 1.59. The highest BCUT2D eigenvalue weighted by molar-refractivity contribution is 6.30. The normalized spacial score (nSPS) is 15.3. The van der Waals surface area contributed by atoms with Gasteiger partial charge in [0.25, 0.3) is 0 Å². The number of carbonyl (C=O) groups is 1. The lowest BCUT2D eigenvalue weighted by Crippen LogP contribution is -2.49. The maximum Gasteiger partial charge on any atom is 0.246 e. The quantitative estimate of drug-likeness (QED) is 0.657. The standard InChI is InChI=1S/C18H26ClN7O/c1-21-16(27)12-26(9-6-13-2-4-14(19)5-3-13)15-7-10-25(11-8-15)18-22-17(20)23-24-18/h2-5,15H,6-12H2,1H3,(H,21,27)(H3,20,22,23,24). The summed E-state index contributed by atoms with van der Waals surface area (Å²) in [5.74, 6) is 1.01. The van der Waals surface area contributed by atoms with E-state index in [0.717, 1.165) is 43.9 Å². The molecular weight excluding hydrogens is 366 g/mol. The minimum Gasteiger partial charge on any atom is -0.368 e. The van der Waals surface area contributed by atoms with Crippen molar-refractivity contribution in [2.75, 3.05) is 43.9 Å². The van der Waals surface area contributed by atoms with Gasteiger partial charge in [0.1, 0.15) is 0 Å². The molecule has 1 aliphatic rings. The molecule has 2 heterocycles. The first-order chi connectivity index (χ1) is 13.0. The number of aromatic amines is 1. The Hall–Kier alpha value is -2.32. The monoisotopic (exact) mass is 391 g/mol. The Morgan fingerprint density at radius 3 is 2.67 bits per heavy atom. The number of rotatable bonds is 7. The number of nitrogens with one attached hydrogen (secondary N) is 2. The van der Waals surface area contributed by atoms with Crippen LogP contribution < -0.4 is 16.0 Å². The van der Waals surface area contributed by atoms with Gasteiger partial charge in [0.2, 0.25) is 17.8 Å². The molecule has 2 aromatic rings. The topological polar surface area (TPSA) is 103 Å². The fourth-order valence-corrected chi connectivity index (χ4v) is 3.54. The number of piperidine rings is 1. The Bertz CT molecular complexity index is 740. The molecule has 4 N–H and O–H groups in total. The van der Waals surface area contributed by atoms with Crippen molar-refractivity contribution < 1.29 is 4.79 Å². The predicted molar refractivity (Wildman–Crippen MR) is 107 cm³/mol. The minimum atomic E-state index is 0.0373. The van der Waals surface area contributed by atoms with E-state index in [1.807, 2.05) is 24.3 Å². The molecule has 0 aliphatic carbocycles. The van der Waals surface area contributed by atoms with Gasteiger partial charge in [0.05, 0.1) is 6.54 Å². The van der Waals surface area contributed by atoms with Gasteiger partial charge in [-0.25, -0.2) is 5.10 Å². The number of nitrogens with zero attached hydrogens (tertiary/aromatic N) is 4. The van der Waals surface area contributed by atoms with E-state index in [1.165, 1.54) is 5.56 Å². The van der Waals surface area contributed by atoms with Gasteiger partial charge >= 0.3 is 0 Å². The van der Waals surface area contributed by atoms with Crippen LogP contribution in [0.4, 0.5) is 11.9 Å². The van der Waals surface area contributed by atoms with Gasteiger partial charge < -0.3 is 16.0 Å². The highest BCUT2D eigenvalue weighted by atomic mass is 35.5. The Kier molecular flexibility index (Phi) is 6.52. The van der Waals surface area contributed by atoms with Crippen LogP contribution in [0.2, 0.25) is 5.02 Å². The van der Waals surface area contributed by atoms with Gasteiger partial charge in [0.15, 0.2) is 0 Å². The summed E-state index contributed by atoms with van der Waals surface area (Å²) < 4.78 is 0. The molecule has 1 aromatic carbocycles. The molecule has 1 saturated heterocycles. The number of benzene rings is 1. The minimum absolute atomic E-state index is 0.0373. The lowest BCUT2D eigenvalue weighted by atomic mass is 10.0. The third-order valence-electron chi connectivity index (χ3n) is 4.98. The number of halogens is 1. The van der Waals surface area contributed by atoms with Crippen molar-refractivity contribution in [3.8, 4) is 0 Å². The highest BCUT2D eigenvalue weighted by Crippen LogP contribution is 2.21. The number of carbonyl (C=O) groups excluding carboxylic acids is 1. The number of nitrogens with two attached hydrogens (primary N) is 1. The third kappa shape index (κ3) is 5.33. The number of amides is 1. The highest BCUT2D eigenvalue weighted by Gasteiger charge is 2.27. The number of anilines is 2. The molecule has 9 heteroatoms. The lowest BCUT2D eigenvalue weighted by molar-refractivity contribution is -0.122. The number of likely N-dealkylation sites (N-methyl/N-ethyl adjacent to an activating group) is 1. The maximum atomic E-state index is 12.0. The molecule has 0 bridgehead atoms. The van der Waals surface area contributed by atoms with E-state index in [-0.39, 0.29) is 5.91 Å². The van der Waals surface area contributed by atoms with Crippen molar-refractivity contribution in [3.05, 3.63) is 34.9 Å². The van der Waals surface area contributed by atoms with Crippen molar-refractivity contribution in [1.82, 2.24) is 25.4 Å². The molecule has 1 aromatic heterocycles. The van der Waals surface area contributed by atoms with E-state index in [2.05, 4.69) is 30.3 Å². The van der Waals surface area contributed by atoms with Crippen LogP contribution in [0, 0.1) is 0 Å². The first kappa shape index (κ1) is 19.4. The molecule has 0 atom stereocenters. The molecule has 0 radical (unpaired) electrons. The summed E-state index contributed by atoms with van der Waals surface area (Å²) in [5.41, 5.74) is 6.84. The molecular formula is C18H26ClN7O. The number of hydrogen-bond acceptors (Lipinski definition) is 6. The molecule has 0 spiro atoms. The van der Waals surface area contributed by atoms with Crippen molar-refractivity contribution in [2.24, 2.45) is 0 Å². The van der Waals surface area contributed by atoms with E-state index >= 15 is 0 Å². The van der Waals surface area contributed by atoms with Gasteiger partial charge in [-0.3, -0.25) is 9.69 Å². The number of nitrogen functional groups attached to an aromatic ring is 1. The predicted octanol–water partition coefficient (Wildman–Crippen LogP) is 1.30. The van der Waals surface area contributed by atoms with E-state index in [0.29, 0.717) is 24.5 Å². The SMILES string of the molecule is CNC(=O)CN(CCc1ccc(Cl)cc1)C1CCN(c2n[nH]c(N)n2)CC1. The van der Waals surface area contributed by atoms with Crippen LogP contribution in [-0.4, -0.2) is 65.3 Å². The van der Waals surface area contributed by atoms with Crippen molar-refractivity contribution in [2.45, 2.75) is 25.3 Å². The number of aromatic nitrogens is 3. The van der Waals surface area contributed by atoms with Gasteiger partial charge in [-0.05, 0) is 37.0 Å². The molecule has 0 saturated carbocycles. The molecule has 3 rings (SSSR count). The van der Waals surface area contributed by atoms with E-state index < -0.39 is 0 Å². The second kappa shape index (κ2) is 9.05. The molecule has 146 valence electrons. The summed E-state index contributed by atoms with van der Waals surface area (Å²) in [7, 11) is 1.68. The van der Waals surface area contributed by atoms with Gasteiger partial charge in [-0.15, -0.1) is 5.10 Å².